The zero-order valence-electron chi connectivity index (χ0n) is 38.7. The number of carbonyl (C=O) groups excluding carboxylic acids is 1. The molecule has 0 aromatic heterocycles. The van der Waals surface area contributed by atoms with Gasteiger partial charge in [-0.2, -0.15) is 0 Å². The molecule has 14 aliphatic rings. The molecule has 2 aliphatic heterocycles. The Bertz CT molecular complexity index is 1910. The van der Waals surface area contributed by atoms with Gasteiger partial charge in [0.05, 0.1) is 49.3 Å². The average Bonchev–Trinajstić information content (AvgIpc) is 4.17. The molecule has 4 N–H and O–H groups in total. The second-order valence-corrected chi connectivity index (χ2v) is 25.3. The SMILES string of the molecule is C[C@]12CCC(=O)C=C1[C@@H]1C[C@@H]1C1C2CC[C@@]2(C)C1[C@@H]1C[C@@H]1[C@@]2(O)CCC1OCCO1.C[C@]12CCC3C(C1[C@@H]1C[C@@H]1[C@@]2(O)CCC1OCCO1)[C@H]1C[C@H]1[C@]1(O)C[C@@H](O)CC[C@]31C.[Mn].[O]=[Mn]. The zero-order chi connectivity index (χ0) is 43.9. The molecule has 12 aliphatic carbocycles. The van der Waals surface area contributed by atoms with Crippen molar-refractivity contribution in [1.29, 1.82) is 0 Å². The van der Waals surface area contributed by atoms with E-state index in [1.807, 2.05) is 0 Å². The standard InChI is InChI=1S/C26H40O5.C26H36O4.2Mn.O/c1-23-6-3-14(27)13-26(23,29)18-11-15(18)21-17(23)4-7-24(2)22(21)16-12-19(16)25(24,28)8-5-20-30-9-10-31-20;1-24-6-3-14(27)11-19(24)15-12-16(15)22-18(24)4-7-25(2)23(22)17-13-20(17)26(25,28)8-5-21-29-9-10-30-21;;;/h14-22,27-29H,3-13H2,1-2H3;11,15-18,20-23,28H,3-10,12-13H2,1-2H3;;;/t14-,15-,16+,17?,18+,19-,21?,22?,23+,24-,25-,26+;15-,16+,17-,18?,20+,22?,23?,24-,25+,26+;;;/m01.../s1. The van der Waals surface area contributed by atoms with E-state index in [0.29, 0.717) is 104 Å². The van der Waals surface area contributed by atoms with E-state index in [1.165, 1.54) is 31.3 Å². The van der Waals surface area contributed by atoms with E-state index in [4.69, 9.17) is 22.8 Å². The second-order valence-electron chi connectivity index (χ2n) is 25.3. The van der Waals surface area contributed by atoms with Crippen LogP contribution in [0.5, 0.6) is 0 Å². The Hall–Kier alpha value is -0.0710. The van der Waals surface area contributed by atoms with Crippen molar-refractivity contribution in [3.05, 3.63) is 11.6 Å². The van der Waals surface area contributed by atoms with Crippen molar-refractivity contribution in [3.8, 4) is 0 Å². The van der Waals surface area contributed by atoms with Crippen LogP contribution >= 0.6 is 0 Å². The number of aliphatic hydroxyl groups is 4. The third-order valence-electron chi connectivity index (χ3n) is 23.6. The molecule has 12 heteroatoms. The molecule has 0 aromatic rings. The number of carbonyl (C=O) groups is 1. The Kier molecular flexibility index (Phi) is 11.2. The number of hydrogen-bond donors (Lipinski definition) is 4. The molecule has 0 aromatic carbocycles. The van der Waals surface area contributed by atoms with Gasteiger partial charge < -0.3 is 39.4 Å². The number of allylic oxidation sites excluding steroid dienone is 1. The van der Waals surface area contributed by atoms with Crippen molar-refractivity contribution in [2.24, 2.45) is 105 Å². The Morgan fingerprint density at radius 2 is 1.12 bits per heavy atom. The van der Waals surface area contributed by atoms with Crippen molar-refractivity contribution >= 4 is 5.78 Å². The Labute approximate surface area is 399 Å². The van der Waals surface area contributed by atoms with Crippen LogP contribution in [-0.2, 0) is 60.6 Å². The maximum atomic E-state index is 12.2. The topological polar surface area (TPSA) is 152 Å². The molecule has 14 rings (SSSR count). The molecule has 11 saturated carbocycles. The third kappa shape index (κ3) is 6.11. The number of hydrogen-bond acceptors (Lipinski definition) is 10. The van der Waals surface area contributed by atoms with E-state index in [2.05, 4.69) is 33.8 Å². The summed E-state index contributed by atoms with van der Waals surface area (Å²) in [6, 6.07) is 0. The van der Waals surface area contributed by atoms with Crippen LogP contribution in [0.4, 0.5) is 0 Å². The summed E-state index contributed by atoms with van der Waals surface area (Å²) in [5.74, 6) is 8.99. The van der Waals surface area contributed by atoms with E-state index < -0.39 is 16.8 Å². The fraction of sp³-hybridized carbons (Fsp3) is 0.942. The molecule has 6 unspecified atom stereocenters. The molecule has 0 spiro atoms. The van der Waals surface area contributed by atoms with E-state index in [-0.39, 0.29) is 57.4 Å². The fourth-order valence-corrected chi connectivity index (χ4v) is 20.6. The van der Waals surface area contributed by atoms with Gasteiger partial charge in [-0.05, 0) is 194 Å². The number of aliphatic hydroxyl groups excluding tert-OH is 1. The van der Waals surface area contributed by atoms with Crippen LogP contribution in [0.3, 0.4) is 0 Å². The van der Waals surface area contributed by atoms with E-state index >= 15 is 0 Å². The number of rotatable bonds is 6. The molecule has 1 radical (unpaired) electrons. The van der Waals surface area contributed by atoms with Crippen LogP contribution < -0.4 is 0 Å². The predicted molar refractivity (Wildman–Crippen MR) is 226 cm³/mol. The normalized spacial score (nSPS) is 58.5. The van der Waals surface area contributed by atoms with Gasteiger partial charge in [0.1, 0.15) is 0 Å². The van der Waals surface area contributed by atoms with Crippen molar-refractivity contribution in [3.63, 3.8) is 0 Å². The molecule has 64 heavy (non-hydrogen) atoms. The molecule has 0 amide bonds. The predicted octanol–water partition coefficient (Wildman–Crippen LogP) is 7.09. The average molecular weight is 971 g/mol. The Morgan fingerprint density at radius 3 is 1.69 bits per heavy atom. The monoisotopic (exact) mass is 970 g/mol. The van der Waals surface area contributed by atoms with Gasteiger partial charge in [-0.25, -0.2) is 0 Å². The first-order valence-corrected chi connectivity index (χ1v) is 26.3. The summed E-state index contributed by atoms with van der Waals surface area (Å²) < 4.78 is 30.9. The second kappa shape index (κ2) is 15.5. The summed E-state index contributed by atoms with van der Waals surface area (Å²) in [6.07, 6.45) is 18.3. The van der Waals surface area contributed by atoms with Crippen molar-refractivity contribution in [2.45, 2.75) is 172 Å². The summed E-state index contributed by atoms with van der Waals surface area (Å²) in [4.78, 5) is 12.2. The van der Waals surface area contributed by atoms with Gasteiger partial charge in [0.25, 0.3) is 0 Å². The van der Waals surface area contributed by atoms with Crippen LogP contribution in [-0.4, -0.2) is 88.1 Å². The van der Waals surface area contributed by atoms with Gasteiger partial charge in [0, 0.05) is 42.8 Å². The first-order valence-electron chi connectivity index (χ1n) is 25.8. The molecule has 0 bridgehead atoms. The van der Waals surface area contributed by atoms with Crippen LogP contribution in [0.15, 0.2) is 11.6 Å². The van der Waals surface area contributed by atoms with Crippen LogP contribution in [0.2, 0.25) is 0 Å². The number of ketones is 1. The van der Waals surface area contributed by atoms with Gasteiger partial charge in [0.2, 0.25) is 0 Å². The first-order chi connectivity index (χ1) is 30.1. The molecule has 10 nitrogen and oxygen atoms in total. The summed E-state index contributed by atoms with van der Waals surface area (Å²) in [5, 5.41) is 46.7. The molecular formula is C52H76Mn2O10. The first kappa shape index (κ1) is 46.3. The van der Waals surface area contributed by atoms with Crippen molar-refractivity contribution in [1.82, 2.24) is 0 Å². The Balaban J connectivity index is 0.000000135. The van der Waals surface area contributed by atoms with Gasteiger partial charge in [0.15, 0.2) is 18.4 Å². The molecular weight excluding hydrogens is 894 g/mol. The van der Waals surface area contributed by atoms with Crippen LogP contribution in [0, 0.1) is 105 Å². The Morgan fingerprint density at radius 1 is 0.625 bits per heavy atom. The van der Waals surface area contributed by atoms with Crippen molar-refractivity contribution < 1.29 is 81.0 Å². The molecule has 13 fully saturated rings. The van der Waals surface area contributed by atoms with E-state index in [0.717, 1.165) is 94.8 Å². The fourth-order valence-electron chi connectivity index (χ4n) is 20.6. The summed E-state index contributed by atoms with van der Waals surface area (Å²) >= 11 is 1.69. The molecule has 2 saturated heterocycles. The van der Waals surface area contributed by atoms with Gasteiger partial charge in [-0.3, -0.25) is 4.79 Å². The summed E-state index contributed by atoms with van der Waals surface area (Å²) in [5.41, 5.74) is -0.135. The van der Waals surface area contributed by atoms with Gasteiger partial charge in [-0.15, -0.1) is 0 Å². The van der Waals surface area contributed by atoms with Crippen LogP contribution in [0.25, 0.3) is 0 Å². The molecule has 2 heterocycles. The summed E-state index contributed by atoms with van der Waals surface area (Å²) in [7, 11) is 0. The van der Waals surface area contributed by atoms with E-state index in [1.54, 1.807) is 15.9 Å². The van der Waals surface area contributed by atoms with E-state index in [9.17, 15) is 25.2 Å². The zero-order valence-corrected chi connectivity index (χ0v) is 41.1. The maximum absolute atomic E-state index is 12.2. The molecule has 22 atom stereocenters. The third-order valence-corrected chi connectivity index (χ3v) is 23.6. The van der Waals surface area contributed by atoms with Gasteiger partial charge >= 0.3 is 19.8 Å². The van der Waals surface area contributed by atoms with Gasteiger partial charge in [-0.1, -0.05) is 33.3 Å². The number of ether oxygens (including phenoxy) is 4. The summed E-state index contributed by atoms with van der Waals surface area (Å²) in [6.45, 7) is 12.4. The minimum absolute atomic E-state index is 0. The van der Waals surface area contributed by atoms with Crippen LogP contribution in [0.1, 0.15) is 137 Å². The van der Waals surface area contributed by atoms with Crippen molar-refractivity contribution in [2.75, 3.05) is 26.4 Å². The molecule has 358 valence electrons. The minimum atomic E-state index is -0.681. The quantitative estimate of drug-likeness (QED) is 0.203. The number of fused-ring (bicyclic) bond motifs is 20.